The van der Waals surface area contributed by atoms with Crippen molar-refractivity contribution in [2.24, 2.45) is 11.8 Å². The lowest BCUT2D eigenvalue weighted by atomic mass is 9.99. The Labute approximate surface area is 374 Å². The molecule has 2 atom stereocenters. The molecule has 0 N–H and O–H groups in total. The van der Waals surface area contributed by atoms with Crippen molar-refractivity contribution < 1.29 is 28.6 Å². The van der Waals surface area contributed by atoms with Crippen LogP contribution in [0, 0.1) is 11.8 Å². The van der Waals surface area contributed by atoms with Crippen molar-refractivity contribution in [3.63, 3.8) is 0 Å². The highest BCUT2D eigenvalue weighted by Gasteiger charge is 2.19. The predicted octanol–water partition coefficient (Wildman–Crippen LogP) is 17.3. The Hall–Kier alpha value is -1.59. The Morgan fingerprint density at radius 1 is 0.350 bits per heavy atom. The van der Waals surface area contributed by atoms with Crippen LogP contribution < -0.4 is 0 Å². The van der Waals surface area contributed by atoms with E-state index in [9.17, 15) is 14.4 Å². The molecular weight excluding hydrogens is 745 g/mol. The molecule has 0 heterocycles. The summed E-state index contributed by atoms with van der Waals surface area (Å²) in [5.41, 5.74) is 0. The van der Waals surface area contributed by atoms with Gasteiger partial charge in [0.05, 0.1) is 0 Å². The molecule has 0 rings (SSSR count). The van der Waals surface area contributed by atoms with Crippen LogP contribution in [0.15, 0.2) is 0 Å². The fraction of sp³-hybridized carbons (Fsp3) is 0.944. The maximum Gasteiger partial charge on any atom is 0.306 e. The smallest absolute Gasteiger partial charge is 0.306 e. The molecule has 0 spiro atoms. The normalized spacial score (nSPS) is 12.5. The van der Waals surface area contributed by atoms with Crippen LogP contribution in [0.1, 0.15) is 298 Å². The van der Waals surface area contributed by atoms with Crippen molar-refractivity contribution in [1.82, 2.24) is 0 Å². The summed E-state index contributed by atoms with van der Waals surface area (Å²) in [6.45, 7) is 11.4. The maximum atomic E-state index is 12.8. The quantitative estimate of drug-likeness (QED) is 0.0345. The van der Waals surface area contributed by atoms with Crippen LogP contribution in [0.3, 0.4) is 0 Å². The van der Waals surface area contributed by atoms with Crippen molar-refractivity contribution in [1.29, 1.82) is 0 Å². The molecule has 60 heavy (non-hydrogen) atoms. The lowest BCUT2D eigenvalue weighted by Gasteiger charge is -2.18. The van der Waals surface area contributed by atoms with Gasteiger partial charge in [0, 0.05) is 19.3 Å². The van der Waals surface area contributed by atoms with Crippen LogP contribution in [0.5, 0.6) is 0 Å². The van der Waals surface area contributed by atoms with Crippen LogP contribution >= 0.6 is 0 Å². The van der Waals surface area contributed by atoms with E-state index in [-0.39, 0.29) is 31.1 Å². The highest BCUT2D eigenvalue weighted by atomic mass is 16.6. The van der Waals surface area contributed by atoms with Gasteiger partial charge in [-0.05, 0) is 31.1 Å². The molecule has 6 heteroatoms. The average Bonchev–Trinajstić information content (AvgIpc) is 3.23. The van der Waals surface area contributed by atoms with Crippen molar-refractivity contribution in [2.45, 2.75) is 304 Å². The highest BCUT2D eigenvalue weighted by molar-refractivity contribution is 5.71. The zero-order valence-electron chi connectivity index (χ0n) is 41.1. The van der Waals surface area contributed by atoms with E-state index >= 15 is 0 Å². The Balaban J connectivity index is 4.28. The molecule has 0 bridgehead atoms. The van der Waals surface area contributed by atoms with E-state index in [1.165, 1.54) is 186 Å². The SMILES string of the molecule is CCCCCCCCCCCCCCCCCCCCC(=O)O[C@@H](COC(=O)CCCCCCCCCCCCC(C)CC)COC(=O)CCCCCCCCCC(C)C. The molecule has 0 amide bonds. The van der Waals surface area contributed by atoms with Crippen LogP contribution in [-0.4, -0.2) is 37.2 Å². The Morgan fingerprint density at radius 2 is 0.633 bits per heavy atom. The summed E-state index contributed by atoms with van der Waals surface area (Å²) >= 11 is 0. The molecular formula is C54H104O6. The number of esters is 3. The van der Waals surface area contributed by atoms with Crippen LogP contribution in [0.2, 0.25) is 0 Å². The summed E-state index contributed by atoms with van der Waals surface area (Å²) in [6.07, 6.45) is 48.1. The van der Waals surface area contributed by atoms with Crippen LogP contribution in [0.4, 0.5) is 0 Å². The minimum atomic E-state index is -0.762. The van der Waals surface area contributed by atoms with Gasteiger partial charge in [-0.25, -0.2) is 0 Å². The number of rotatable bonds is 48. The van der Waals surface area contributed by atoms with Gasteiger partial charge in [-0.2, -0.15) is 0 Å². The molecule has 0 aromatic heterocycles. The van der Waals surface area contributed by atoms with E-state index < -0.39 is 6.10 Å². The molecule has 0 radical (unpaired) electrons. The first kappa shape index (κ1) is 58.4. The molecule has 0 saturated heterocycles. The first-order chi connectivity index (χ1) is 29.3. The summed E-state index contributed by atoms with van der Waals surface area (Å²) in [4.78, 5) is 37.9. The van der Waals surface area contributed by atoms with E-state index in [1.807, 2.05) is 0 Å². The minimum Gasteiger partial charge on any atom is -0.462 e. The zero-order chi connectivity index (χ0) is 44.0. The van der Waals surface area contributed by atoms with E-state index in [2.05, 4.69) is 34.6 Å². The molecule has 0 saturated carbocycles. The van der Waals surface area contributed by atoms with E-state index in [0.29, 0.717) is 19.3 Å². The third-order valence-corrected chi connectivity index (χ3v) is 12.6. The van der Waals surface area contributed by atoms with Gasteiger partial charge >= 0.3 is 17.9 Å². The Morgan fingerprint density at radius 3 is 0.950 bits per heavy atom. The molecule has 0 aliphatic carbocycles. The van der Waals surface area contributed by atoms with Crippen LogP contribution in [0.25, 0.3) is 0 Å². The molecule has 1 unspecified atom stereocenters. The van der Waals surface area contributed by atoms with Gasteiger partial charge in [0.25, 0.3) is 0 Å². The Kier molecular flexibility index (Phi) is 45.7. The fourth-order valence-corrected chi connectivity index (χ4v) is 8.13. The molecule has 0 aliphatic heterocycles. The van der Waals surface area contributed by atoms with Crippen LogP contribution in [-0.2, 0) is 28.6 Å². The van der Waals surface area contributed by atoms with Gasteiger partial charge in [0.1, 0.15) is 13.2 Å². The Bertz CT molecular complexity index is 918. The summed E-state index contributed by atoms with van der Waals surface area (Å²) < 4.78 is 16.8. The predicted molar refractivity (Wildman–Crippen MR) is 256 cm³/mol. The second kappa shape index (κ2) is 46.9. The standard InChI is InChI=1S/C54H104O6/c1-6-8-9-10-11-12-13-14-15-16-17-18-19-20-25-30-36-41-46-54(57)60-51(48-59-53(56)45-40-35-31-26-27-32-37-42-49(3)4)47-58-52(55)44-39-34-29-24-22-21-23-28-33-38-43-50(5)7-2/h49-51H,6-48H2,1-5H3/t50?,51-/m0/s1. The summed E-state index contributed by atoms with van der Waals surface area (Å²) in [5, 5.41) is 0. The first-order valence-electron chi connectivity index (χ1n) is 26.8. The molecule has 0 aliphatic rings. The monoisotopic (exact) mass is 849 g/mol. The number of carbonyl (C=O) groups excluding carboxylic acids is 3. The van der Waals surface area contributed by atoms with E-state index in [4.69, 9.17) is 14.2 Å². The van der Waals surface area contributed by atoms with Gasteiger partial charge in [0.2, 0.25) is 0 Å². The van der Waals surface area contributed by atoms with Gasteiger partial charge in [-0.1, -0.05) is 259 Å². The average molecular weight is 849 g/mol. The molecule has 0 aromatic carbocycles. The molecule has 0 aromatic rings. The minimum absolute atomic E-state index is 0.0643. The van der Waals surface area contributed by atoms with Gasteiger partial charge in [-0.3, -0.25) is 14.4 Å². The lowest BCUT2D eigenvalue weighted by Crippen LogP contribution is -2.30. The van der Waals surface area contributed by atoms with Crippen molar-refractivity contribution in [2.75, 3.05) is 13.2 Å². The molecule has 0 fully saturated rings. The highest BCUT2D eigenvalue weighted by Crippen LogP contribution is 2.18. The number of hydrogen-bond donors (Lipinski definition) is 0. The van der Waals surface area contributed by atoms with Crippen molar-refractivity contribution in [3.8, 4) is 0 Å². The largest absolute Gasteiger partial charge is 0.462 e. The second-order valence-corrected chi connectivity index (χ2v) is 19.2. The fourth-order valence-electron chi connectivity index (χ4n) is 8.13. The van der Waals surface area contributed by atoms with E-state index in [0.717, 1.165) is 69.6 Å². The molecule has 6 nitrogen and oxygen atoms in total. The zero-order valence-corrected chi connectivity index (χ0v) is 41.1. The number of hydrogen-bond acceptors (Lipinski definition) is 6. The molecule has 356 valence electrons. The topological polar surface area (TPSA) is 78.9 Å². The maximum absolute atomic E-state index is 12.8. The third-order valence-electron chi connectivity index (χ3n) is 12.6. The van der Waals surface area contributed by atoms with Gasteiger partial charge < -0.3 is 14.2 Å². The number of unbranched alkanes of at least 4 members (excludes halogenated alkanes) is 32. The first-order valence-corrected chi connectivity index (χ1v) is 26.8. The summed E-state index contributed by atoms with van der Waals surface area (Å²) in [5.74, 6) is 0.801. The van der Waals surface area contributed by atoms with Crippen molar-refractivity contribution in [3.05, 3.63) is 0 Å². The number of carbonyl (C=O) groups is 3. The third kappa shape index (κ3) is 45.9. The summed E-state index contributed by atoms with van der Waals surface area (Å²) in [6, 6.07) is 0. The van der Waals surface area contributed by atoms with Gasteiger partial charge in [-0.15, -0.1) is 0 Å². The van der Waals surface area contributed by atoms with Crippen molar-refractivity contribution >= 4 is 17.9 Å². The van der Waals surface area contributed by atoms with E-state index in [1.54, 1.807) is 0 Å². The lowest BCUT2D eigenvalue weighted by molar-refractivity contribution is -0.167. The van der Waals surface area contributed by atoms with Gasteiger partial charge in [0.15, 0.2) is 6.10 Å². The summed E-state index contributed by atoms with van der Waals surface area (Å²) in [7, 11) is 0. The number of ether oxygens (including phenoxy) is 3. The second-order valence-electron chi connectivity index (χ2n) is 19.2.